The molecule has 0 radical (unpaired) electrons. The van der Waals surface area contributed by atoms with Crippen LogP contribution < -0.4 is 10.2 Å². The third-order valence-corrected chi connectivity index (χ3v) is 4.19. The SMILES string of the molecule is CCN(CC)c1ccc(C(=O)O[C@@H](C)C(=O)NCc2ccccc2)cc1. The van der Waals surface area contributed by atoms with E-state index in [0.717, 1.165) is 24.3 Å². The molecule has 0 aliphatic carbocycles. The molecule has 0 unspecified atom stereocenters. The summed E-state index contributed by atoms with van der Waals surface area (Å²) in [5.41, 5.74) is 2.48. The second-order valence-corrected chi connectivity index (χ2v) is 5.97. The molecule has 0 aromatic heterocycles. The number of benzene rings is 2. The Hall–Kier alpha value is -2.82. The summed E-state index contributed by atoms with van der Waals surface area (Å²) in [5.74, 6) is -0.819. The Balaban J connectivity index is 1.88. The molecule has 0 aliphatic heterocycles. The van der Waals surface area contributed by atoms with E-state index in [1.807, 2.05) is 42.5 Å². The van der Waals surface area contributed by atoms with Crippen LogP contribution in [0.2, 0.25) is 0 Å². The highest BCUT2D eigenvalue weighted by Crippen LogP contribution is 2.16. The van der Waals surface area contributed by atoms with Gasteiger partial charge in [-0.15, -0.1) is 0 Å². The normalized spacial score (nSPS) is 11.5. The average Bonchev–Trinajstić information content (AvgIpc) is 2.68. The minimum Gasteiger partial charge on any atom is -0.449 e. The van der Waals surface area contributed by atoms with Gasteiger partial charge in [0.25, 0.3) is 5.91 Å². The lowest BCUT2D eigenvalue weighted by molar-refractivity contribution is -0.129. The fourth-order valence-electron chi connectivity index (χ4n) is 2.61. The number of amides is 1. The van der Waals surface area contributed by atoms with Crippen LogP contribution in [0.25, 0.3) is 0 Å². The largest absolute Gasteiger partial charge is 0.449 e. The van der Waals surface area contributed by atoms with E-state index < -0.39 is 12.1 Å². The van der Waals surface area contributed by atoms with E-state index >= 15 is 0 Å². The van der Waals surface area contributed by atoms with E-state index in [1.165, 1.54) is 0 Å². The summed E-state index contributed by atoms with van der Waals surface area (Å²) in [6.45, 7) is 7.95. The lowest BCUT2D eigenvalue weighted by Crippen LogP contribution is -2.35. The zero-order valence-electron chi connectivity index (χ0n) is 15.6. The van der Waals surface area contributed by atoms with Crippen LogP contribution in [0.4, 0.5) is 5.69 Å². The van der Waals surface area contributed by atoms with Crippen LogP contribution in [0.5, 0.6) is 0 Å². The zero-order valence-corrected chi connectivity index (χ0v) is 15.6. The van der Waals surface area contributed by atoms with Gasteiger partial charge in [-0.25, -0.2) is 4.79 Å². The average molecular weight is 354 g/mol. The van der Waals surface area contributed by atoms with Gasteiger partial charge in [-0.3, -0.25) is 4.79 Å². The fourth-order valence-corrected chi connectivity index (χ4v) is 2.61. The first kappa shape index (κ1) is 19.5. The summed E-state index contributed by atoms with van der Waals surface area (Å²) in [5, 5.41) is 2.77. The lowest BCUT2D eigenvalue weighted by Gasteiger charge is -2.21. The summed E-state index contributed by atoms with van der Waals surface area (Å²) >= 11 is 0. The topological polar surface area (TPSA) is 58.6 Å². The van der Waals surface area contributed by atoms with Gasteiger partial charge < -0.3 is 15.0 Å². The van der Waals surface area contributed by atoms with Crippen molar-refractivity contribution in [3.63, 3.8) is 0 Å². The highest BCUT2D eigenvalue weighted by atomic mass is 16.5. The second-order valence-electron chi connectivity index (χ2n) is 5.97. The van der Waals surface area contributed by atoms with Crippen molar-refractivity contribution in [2.45, 2.75) is 33.4 Å². The van der Waals surface area contributed by atoms with Gasteiger partial charge >= 0.3 is 5.97 Å². The molecule has 0 saturated heterocycles. The van der Waals surface area contributed by atoms with Gasteiger partial charge in [-0.1, -0.05) is 30.3 Å². The third-order valence-electron chi connectivity index (χ3n) is 4.19. The maximum atomic E-state index is 12.2. The minimum atomic E-state index is -0.853. The van der Waals surface area contributed by atoms with Crippen molar-refractivity contribution in [1.29, 1.82) is 0 Å². The molecule has 0 aliphatic rings. The molecule has 5 heteroatoms. The van der Waals surface area contributed by atoms with Gasteiger partial charge in [0, 0.05) is 25.3 Å². The summed E-state index contributed by atoms with van der Waals surface area (Å²) in [4.78, 5) is 26.5. The number of carbonyl (C=O) groups is 2. The van der Waals surface area contributed by atoms with E-state index in [4.69, 9.17) is 4.74 Å². The standard InChI is InChI=1S/C21H26N2O3/c1-4-23(5-2)19-13-11-18(12-14-19)21(25)26-16(3)20(24)22-15-17-9-7-6-8-10-17/h6-14,16H,4-5,15H2,1-3H3,(H,22,24)/t16-/m0/s1. The predicted molar refractivity (Wildman–Crippen MR) is 103 cm³/mol. The van der Waals surface area contributed by atoms with Crippen LogP contribution in [-0.4, -0.2) is 31.1 Å². The highest BCUT2D eigenvalue weighted by Gasteiger charge is 2.18. The van der Waals surface area contributed by atoms with Gasteiger partial charge in [0.2, 0.25) is 0 Å². The predicted octanol–water partition coefficient (Wildman–Crippen LogP) is 3.39. The Labute approximate surface area is 155 Å². The number of nitrogens with zero attached hydrogens (tertiary/aromatic N) is 1. The molecule has 1 amide bonds. The molecule has 0 bridgehead atoms. The van der Waals surface area contributed by atoms with Crippen molar-refractivity contribution in [3.8, 4) is 0 Å². The van der Waals surface area contributed by atoms with Crippen LogP contribution >= 0.6 is 0 Å². The van der Waals surface area contributed by atoms with E-state index in [-0.39, 0.29) is 5.91 Å². The van der Waals surface area contributed by atoms with Crippen molar-refractivity contribution < 1.29 is 14.3 Å². The number of hydrogen-bond donors (Lipinski definition) is 1. The van der Waals surface area contributed by atoms with Gasteiger partial charge in [0.05, 0.1) is 5.56 Å². The molecule has 2 aromatic carbocycles. The van der Waals surface area contributed by atoms with Crippen molar-refractivity contribution in [2.75, 3.05) is 18.0 Å². The van der Waals surface area contributed by atoms with E-state index in [0.29, 0.717) is 12.1 Å². The molecule has 26 heavy (non-hydrogen) atoms. The summed E-state index contributed by atoms with van der Waals surface area (Å²) in [6.07, 6.45) is -0.853. The number of hydrogen-bond acceptors (Lipinski definition) is 4. The fraction of sp³-hybridized carbons (Fsp3) is 0.333. The quantitative estimate of drug-likeness (QED) is 0.738. The van der Waals surface area contributed by atoms with E-state index in [9.17, 15) is 9.59 Å². The maximum absolute atomic E-state index is 12.2. The first-order valence-corrected chi connectivity index (χ1v) is 8.92. The van der Waals surface area contributed by atoms with Gasteiger partial charge in [0.15, 0.2) is 6.10 Å². The van der Waals surface area contributed by atoms with Crippen molar-refractivity contribution in [3.05, 3.63) is 65.7 Å². The summed E-state index contributed by atoms with van der Waals surface area (Å²) < 4.78 is 5.28. The first-order valence-electron chi connectivity index (χ1n) is 8.92. The van der Waals surface area contributed by atoms with Gasteiger partial charge in [0.1, 0.15) is 0 Å². The number of esters is 1. The molecule has 0 saturated carbocycles. The molecule has 2 rings (SSSR count). The minimum absolute atomic E-state index is 0.318. The van der Waals surface area contributed by atoms with Crippen LogP contribution in [0, 0.1) is 0 Å². The molecular weight excluding hydrogens is 328 g/mol. The van der Waals surface area contributed by atoms with Crippen molar-refractivity contribution >= 4 is 17.6 Å². The summed E-state index contributed by atoms with van der Waals surface area (Å²) in [6, 6.07) is 16.8. The molecule has 5 nitrogen and oxygen atoms in total. The van der Waals surface area contributed by atoms with Crippen LogP contribution in [0.15, 0.2) is 54.6 Å². The third kappa shape index (κ3) is 5.34. The van der Waals surface area contributed by atoms with Crippen LogP contribution in [-0.2, 0) is 16.1 Å². The van der Waals surface area contributed by atoms with E-state index in [1.54, 1.807) is 19.1 Å². The Kier molecular flexibility index (Phi) is 7.21. The second kappa shape index (κ2) is 9.61. The van der Waals surface area contributed by atoms with Crippen molar-refractivity contribution in [1.82, 2.24) is 5.32 Å². The molecule has 1 atom stereocenters. The van der Waals surface area contributed by atoms with Gasteiger partial charge in [-0.2, -0.15) is 0 Å². The number of nitrogens with one attached hydrogen (secondary N) is 1. The Morgan fingerprint density at radius 1 is 1.00 bits per heavy atom. The smallest absolute Gasteiger partial charge is 0.338 e. The van der Waals surface area contributed by atoms with Gasteiger partial charge in [-0.05, 0) is 50.6 Å². The zero-order chi connectivity index (χ0) is 18.9. The maximum Gasteiger partial charge on any atom is 0.338 e. The highest BCUT2D eigenvalue weighted by molar-refractivity contribution is 5.92. The van der Waals surface area contributed by atoms with E-state index in [2.05, 4.69) is 24.1 Å². The Morgan fingerprint density at radius 2 is 1.62 bits per heavy atom. The first-order chi connectivity index (χ1) is 12.5. The molecule has 0 fully saturated rings. The molecule has 1 N–H and O–H groups in total. The molecular formula is C21H26N2O3. The van der Waals surface area contributed by atoms with Crippen LogP contribution in [0.3, 0.4) is 0 Å². The number of anilines is 1. The number of rotatable bonds is 8. The van der Waals surface area contributed by atoms with Crippen LogP contribution in [0.1, 0.15) is 36.7 Å². The molecule has 2 aromatic rings. The molecule has 0 spiro atoms. The Morgan fingerprint density at radius 3 is 2.19 bits per heavy atom. The Bertz CT molecular complexity index is 710. The molecule has 138 valence electrons. The summed E-state index contributed by atoms with van der Waals surface area (Å²) in [7, 11) is 0. The number of carbonyl (C=O) groups excluding carboxylic acids is 2. The monoisotopic (exact) mass is 354 g/mol. The lowest BCUT2D eigenvalue weighted by atomic mass is 10.2. The van der Waals surface area contributed by atoms with Crippen molar-refractivity contribution in [2.24, 2.45) is 0 Å². The number of ether oxygens (including phenoxy) is 1. The molecule has 0 heterocycles.